The van der Waals surface area contributed by atoms with Crippen LogP contribution in [0.25, 0.3) is 6.08 Å². The number of aliphatic imine (C=N–C) groups is 1. The van der Waals surface area contributed by atoms with E-state index in [0.717, 1.165) is 16.9 Å². The lowest BCUT2D eigenvalue weighted by Gasteiger charge is -2.07. The smallest absolute Gasteiger partial charge is 0.337 e. The number of hydrogen-bond acceptors (Lipinski definition) is 6. The van der Waals surface area contributed by atoms with Crippen LogP contribution < -0.4 is 4.74 Å². The molecule has 1 saturated heterocycles. The second-order valence-corrected chi connectivity index (χ2v) is 8.76. The molecule has 1 heterocycles. The zero-order valence-corrected chi connectivity index (χ0v) is 20.0. The maximum absolute atomic E-state index is 12.7. The monoisotopic (exact) mass is 472 g/mol. The van der Waals surface area contributed by atoms with Gasteiger partial charge in [-0.05, 0) is 72.3 Å². The van der Waals surface area contributed by atoms with Gasteiger partial charge in [-0.15, -0.1) is 0 Å². The van der Waals surface area contributed by atoms with Gasteiger partial charge in [-0.2, -0.15) is 0 Å². The normalized spacial score (nSPS) is 15.7. The van der Waals surface area contributed by atoms with Crippen molar-refractivity contribution < 1.29 is 19.1 Å². The third-order valence-corrected chi connectivity index (χ3v) is 6.28. The quantitative estimate of drug-likeness (QED) is 0.345. The first-order chi connectivity index (χ1) is 16.4. The molecule has 0 N–H and O–H groups in total. The molecule has 1 amide bonds. The largest absolute Gasteiger partial charge is 0.489 e. The molecule has 0 atom stereocenters. The summed E-state index contributed by atoms with van der Waals surface area (Å²) in [4.78, 5) is 31.0. The van der Waals surface area contributed by atoms with Crippen LogP contribution in [0, 0.1) is 6.92 Å². The molecule has 1 aliphatic rings. The Labute approximate surface area is 202 Å². The molecule has 7 heteroatoms. The molecule has 3 aromatic rings. The summed E-state index contributed by atoms with van der Waals surface area (Å²) >= 11 is 1.31. The van der Waals surface area contributed by atoms with Gasteiger partial charge in [0, 0.05) is 7.05 Å². The molecular formula is C27H24N2O4S. The predicted octanol–water partition coefficient (Wildman–Crippen LogP) is 5.59. The van der Waals surface area contributed by atoms with Crippen molar-refractivity contribution >= 4 is 40.6 Å². The fourth-order valence-corrected chi connectivity index (χ4v) is 4.20. The van der Waals surface area contributed by atoms with E-state index in [2.05, 4.69) is 36.2 Å². The summed E-state index contributed by atoms with van der Waals surface area (Å²) in [5.41, 5.74) is 4.32. The number of aryl methyl sites for hydroxylation is 1. The fraction of sp³-hybridized carbons (Fsp3) is 0.148. The zero-order chi connectivity index (χ0) is 24.1. The first kappa shape index (κ1) is 23.3. The van der Waals surface area contributed by atoms with E-state index in [1.54, 1.807) is 31.3 Å². The number of carbonyl (C=O) groups excluding carboxylic acids is 2. The highest BCUT2D eigenvalue weighted by Crippen LogP contribution is 2.33. The molecule has 0 spiro atoms. The van der Waals surface area contributed by atoms with Gasteiger partial charge in [-0.1, -0.05) is 42.0 Å². The van der Waals surface area contributed by atoms with Crippen LogP contribution >= 0.6 is 11.8 Å². The Morgan fingerprint density at radius 1 is 1.00 bits per heavy atom. The van der Waals surface area contributed by atoms with Crippen molar-refractivity contribution in [1.29, 1.82) is 0 Å². The van der Waals surface area contributed by atoms with Gasteiger partial charge < -0.3 is 9.47 Å². The average Bonchev–Trinajstić information content (AvgIpc) is 3.12. The number of likely N-dealkylation sites (N-methyl/N-ethyl adjacent to an activating group) is 1. The van der Waals surface area contributed by atoms with E-state index in [1.807, 2.05) is 30.3 Å². The highest BCUT2D eigenvalue weighted by Gasteiger charge is 2.30. The summed E-state index contributed by atoms with van der Waals surface area (Å²) in [6, 6.07) is 22.6. The highest BCUT2D eigenvalue weighted by atomic mass is 32.2. The van der Waals surface area contributed by atoms with Crippen molar-refractivity contribution in [1.82, 2.24) is 4.90 Å². The second kappa shape index (κ2) is 10.4. The van der Waals surface area contributed by atoms with Crippen molar-refractivity contribution in [3.63, 3.8) is 0 Å². The minimum Gasteiger partial charge on any atom is -0.489 e. The van der Waals surface area contributed by atoms with Crippen LogP contribution in [0.15, 0.2) is 82.7 Å². The van der Waals surface area contributed by atoms with Crippen LogP contribution in [-0.4, -0.2) is 36.1 Å². The molecule has 3 aromatic carbocycles. The SMILES string of the molecule is COC(=O)c1ccc(N=C2S/C(=C\c3ccc(OCc4ccc(C)cc4)cc3)C(=O)N2C)cc1. The highest BCUT2D eigenvalue weighted by molar-refractivity contribution is 8.18. The van der Waals surface area contributed by atoms with Gasteiger partial charge in [0.15, 0.2) is 5.17 Å². The Morgan fingerprint density at radius 3 is 2.32 bits per heavy atom. The van der Waals surface area contributed by atoms with E-state index in [9.17, 15) is 9.59 Å². The van der Waals surface area contributed by atoms with Crippen LogP contribution in [0.1, 0.15) is 27.0 Å². The summed E-state index contributed by atoms with van der Waals surface area (Å²) in [6.45, 7) is 2.56. The lowest BCUT2D eigenvalue weighted by Crippen LogP contribution is -2.23. The van der Waals surface area contributed by atoms with E-state index in [4.69, 9.17) is 9.47 Å². The van der Waals surface area contributed by atoms with E-state index in [0.29, 0.717) is 27.9 Å². The molecule has 172 valence electrons. The van der Waals surface area contributed by atoms with Crippen molar-refractivity contribution in [3.8, 4) is 5.75 Å². The van der Waals surface area contributed by atoms with E-state index < -0.39 is 5.97 Å². The van der Waals surface area contributed by atoms with Crippen molar-refractivity contribution in [3.05, 3.63) is 100.0 Å². The standard InChI is InChI=1S/C27H24N2O4S/c1-18-4-6-20(7-5-18)17-33-23-14-8-19(9-15-23)16-24-25(30)29(2)27(34-24)28-22-12-10-21(11-13-22)26(31)32-3/h4-16H,17H2,1-3H3/b24-16-,28-27?. The lowest BCUT2D eigenvalue weighted by molar-refractivity contribution is -0.121. The minimum atomic E-state index is -0.404. The summed E-state index contributed by atoms with van der Waals surface area (Å²) in [7, 11) is 3.03. The number of nitrogens with zero attached hydrogens (tertiary/aromatic N) is 2. The number of benzene rings is 3. The number of methoxy groups -OCH3 is 1. The van der Waals surface area contributed by atoms with Gasteiger partial charge >= 0.3 is 5.97 Å². The van der Waals surface area contributed by atoms with Crippen LogP contribution in [-0.2, 0) is 16.1 Å². The molecular weight excluding hydrogens is 448 g/mol. The van der Waals surface area contributed by atoms with Crippen molar-refractivity contribution in [2.45, 2.75) is 13.5 Å². The minimum absolute atomic E-state index is 0.116. The number of carbonyl (C=O) groups is 2. The molecule has 0 bridgehead atoms. The van der Waals surface area contributed by atoms with Gasteiger partial charge in [0.25, 0.3) is 5.91 Å². The summed E-state index contributed by atoms with van der Waals surface area (Å²) < 4.78 is 10.6. The lowest BCUT2D eigenvalue weighted by atomic mass is 10.1. The molecule has 0 aromatic heterocycles. The van der Waals surface area contributed by atoms with Crippen molar-refractivity contribution in [2.24, 2.45) is 4.99 Å². The summed E-state index contributed by atoms with van der Waals surface area (Å²) in [5, 5.41) is 0.570. The molecule has 4 rings (SSSR count). The number of rotatable bonds is 6. The maximum atomic E-state index is 12.7. The first-order valence-corrected chi connectivity index (χ1v) is 11.5. The third-order valence-electron chi connectivity index (χ3n) is 5.22. The average molecular weight is 473 g/mol. The molecule has 0 aliphatic carbocycles. The molecule has 6 nitrogen and oxygen atoms in total. The maximum Gasteiger partial charge on any atom is 0.337 e. The fourth-order valence-electron chi connectivity index (χ4n) is 3.21. The number of ether oxygens (including phenoxy) is 2. The Morgan fingerprint density at radius 2 is 1.68 bits per heavy atom. The number of amides is 1. The van der Waals surface area contributed by atoms with Gasteiger partial charge in [0.1, 0.15) is 12.4 Å². The predicted molar refractivity (Wildman–Crippen MR) is 135 cm³/mol. The number of hydrogen-bond donors (Lipinski definition) is 0. The Bertz CT molecular complexity index is 1250. The van der Waals surface area contributed by atoms with Crippen molar-refractivity contribution in [2.75, 3.05) is 14.2 Å². The Balaban J connectivity index is 1.42. The molecule has 0 radical (unpaired) electrons. The Hall–Kier alpha value is -3.84. The first-order valence-electron chi connectivity index (χ1n) is 10.7. The second-order valence-electron chi connectivity index (χ2n) is 7.75. The van der Waals surface area contributed by atoms with Crippen LogP contribution in [0.4, 0.5) is 5.69 Å². The van der Waals surface area contributed by atoms with Crippen LogP contribution in [0.2, 0.25) is 0 Å². The summed E-state index contributed by atoms with van der Waals surface area (Å²) in [5.74, 6) is 0.246. The van der Waals surface area contributed by atoms with E-state index >= 15 is 0 Å². The molecule has 0 unspecified atom stereocenters. The van der Waals surface area contributed by atoms with Crippen LogP contribution in [0.3, 0.4) is 0 Å². The van der Waals surface area contributed by atoms with Gasteiger partial charge in [0.2, 0.25) is 0 Å². The van der Waals surface area contributed by atoms with Gasteiger partial charge in [0.05, 0.1) is 23.3 Å². The van der Waals surface area contributed by atoms with E-state index in [-0.39, 0.29) is 5.91 Å². The van der Waals surface area contributed by atoms with E-state index in [1.165, 1.54) is 29.3 Å². The third kappa shape index (κ3) is 5.55. The number of esters is 1. The zero-order valence-electron chi connectivity index (χ0n) is 19.1. The molecule has 1 fully saturated rings. The van der Waals surface area contributed by atoms with Gasteiger partial charge in [-0.25, -0.2) is 9.79 Å². The number of amidine groups is 1. The topological polar surface area (TPSA) is 68.2 Å². The molecule has 0 saturated carbocycles. The van der Waals surface area contributed by atoms with Gasteiger partial charge in [-0.3, -0.25) is 9.69 Å². The molecule has 34 heavy (non-hydrogen) atoms. The molecule has 1 aliphatic heterocycles. The Kier molecular flexibility index (Phi) is 7.13. The number of thioether (sulfide) groups is 1. The summed E-state index contributed by atoms with van der Waals surface area (Å²) in [6.07, 6.45) is 1.84. The van der Waals surface area contributed by atoms with Crippen LogP contribution in [0.5, 0.6) is 5.75 Å².